The molecule has 1 N–H and O–H groups in total. The molecule has 2 aromatic carbocycles. The average molecular weight is 457 g/mol. The largest absolute Gasteiger partial charge is 0.493 e. The number of nitrogens with zero attached hydrogens (tertiary/aromatic N) is 1. The predicted molar refractivity (Wildman–Crippen MR) is 124 cm³/mol. The molecule has 8 nitrogen and oxygen atoms in total. The zero-order valence-corrected chi connectivity index (χ0v) is 19.2. The first-order chi connectivity index (χ1) is 16.2. The molecule has 0 aromatic heterocycles. The number of rotatable bonds is 11. The molecule has 0 aliphatic carbocycles. The molecule has 2 atom stereocenters. The summed E-state index contributed by atoms with van der Waals surface area (Å²) in [5, 5.41) is 2.91. The maximum atomic E-state index is 12.7. The SMILES string of the molecule is COCCCOc1cc(C2CN(C(=O)OCc3ccccc3)CCC2NC=O)ccc1OC. The lowest BCUT2D eigenvalue weighted by atomic mass is 9.86. The molecule has 178 valence electrons. The molecule has 2 unspecified atom stereocenters. The van der Waals surface area contributed by atoms with Crippen LogP contribution in [0.4, 0.5) is 4.79 Å². The van der Waals surface area contributed by atoms with Crippen molar-refractivity contribution < 1.29 is 28.5 Å². The van der Waals surface area contributed by atoms with E-state index in [2.05, 4.69) is 5.32 Å². The van der Waals surface area contributed by atoms with Crippen molar-refractivity contribution in [3.8, 4) is 11.5 Å². The highest BCUT2D eigenvalue weighted by atomic mass is 16.6. The minimum Gasteiger partial charge on any atom is -0.493 e. The van der Waals surface area contributed by atoms with E-state index in [-0.39, 0.29) is 24.7 Å². The Morgan fingerprint density at radius 1 is 1.12 bits per heavy atom. The molecule has 1 fully saturated rings. The van der Waals surface area contributed by atoms with Crippen molar-refractivity contribution in [3.63, 3.8) is 0 Å². The fraction of sp³-hybridized carbons (Fsp3) is 0.440. The van der Waals surface area contributed by atoms with E-state index in [0.29, 0.717) is 50.6 Å². The monoisotopic (exact) mass is 456 g/mol. The van der Waals surface area contributed by atoms with E-state index in [1.165, 1.54) is 0 Å². The molecule has 0 saturated carbocycles. The van der Waals surface area contributed by atoms with Gasteiger partial charge in [0, 0.05) is 45.2 Å². The first-order valence-electron chi connectivity index (χ1n) is 11.1. The molecule has 0 bridgehead atoms. The Labute approximate surface area is 194 Å². The third kappa shape index (κ3) is 6.86. The maximum Gasteiger partial charge on any atom is 0.410 e. The molecule has 1 aliphatic rings. The number of hydrogen-bond acceptors (Lipinski definition) is 6. The Bertz CT molecular complexity index is 892. The van der Waals surface area contributed by atoms with Crippen molar-refractivity contribution >= 4 is 12.5 Å². The number of piperidine rings is 1. The van der Waals surface area contributed by atoms with E-state index in [1.807, 2.05) is 48.5 Å². The minimum atomic E-state index is -0.363. The summed E-state index contributed by atoms with van der Waals surface area (Å²) in [6, 6.07) is 15.2. The summed E-state index contributed by atoms with van der Waals surface area (Å²) in [5.41, 5.74) is 1.89. The second-order valence-electron chi connectivity index (χ2n) is 7.88. The van der Waals surface area contributed by atoms with Crippen LogP contribution >= 0.6 is 0 Å². The molecule has 33 heavy (non-hydrogen) atoms. The normalized spacial score (nSPS) is 17.8. The highest BCUT2D eigenvalue weighted by Crippen LogP contribution is 2.35. The van der Waals surface area contributed by atoms with E-state index in [0.717, 1.165) is 17.5 Å². The molecular weight excluding hydrogens is 424 g/mol. The fourth-order valence-corrected chi connectivity index (χ4v) is 3.98. The third-order valence-electron chi connectivity index (χ3n) is 5.72. The Kier molecular flexibility index (Phi) is 9.38. The fourth-order valence-electron chi connectivity index (χ4n) is 3.98. The van der Waals surface area contributed by atoms with E-state index in [9.17, 15) is 9.59 Å². The molecule has 1 saturated heterocycles. The average Bonchev–Trinajstić information content (AvgIpc) is 2.86. The van der Waals surface area contributed by atoms with Crippen LogP contribution in [0, 0.1) is 0 Å². The van der Waals surface area contributed by atoms with E-state index in [4.69, 9.17) is 18.9 Å². The highest BCUT2D eigenvalue weighted by Gasteiger charge is 2.33. The Morgan fingerprint density at radius 3 is 2.67 bits per heavy atom. The molecule has 0 radical (unpaired) electrons. The smallest absolute Gasteiger partial charge is 0.410 e. The van der Waals surface area contributed by atoms with Gasteiger partial charge in [0.2, 0.25) is 6.41 Å². The van der Waals surface area contributed by atoms with E-state index in [1.54, 1.807) is 19.1 Å². The van der Waals surface area contributed by atoms with Crippen LogP contribution in [0.15, 0.2) is 48.5 Å². The highest BCUT2D eigenvalue weighted by molar-refractivity contribution is 5.68. The van der Waals surface area contributed by atoms with Gasteiger partial charge in [0.15, 0.2) is 11.5 Å². The van der Waals surface area contributed by atoms with Crippen molar-refractivity contribution in [1.29, 1.82) is 0 Å². The predicted octanol–water partition coefficient (Wildman–Crippen LogP) is 3.35. The van der Waals surface area contributed by atoms with Gasteiger partial charge in [0.1, 0.15) is 6.61 Å². The lowest BCUT2D eigenvalue weighted by Gasteiger charge is -2.38. The zero-order chi connectivity index (χ0) is 23.5. The van der Waals surface area contributed by atoms with Gasteiger partial charge in [0.25, 0.3) is 0 Å². The van der Waals surface area contributed by atoms with E-state index >= 15 is 0 Å². The summed E-state index contributed by atoms with van der Waals surface area (Å²) >= 11 is 0. The van der Waals surface area contributed by atoms with Gasteiger partial charge in [-0.2, -0.15) is 0 Å². The van der Waals surface area contributed by atoms with Crippen LogP contribution in [0.1, 0.15) is 29.9 Å². The van der Waals surface area contributed by atoms with Gasteiger partial charge in [0.05, 0.1) is 13.7 Å². The number of benzene rings is 2. The maximum absolute atomic E-state index is 12.7. The number of likely N-dealkylation sites (tertiary alicyclic amines) is 1. The number of ether oxygens (including phenoxy) is 4. The van der Waals surface area contributed by atoms with Gasteiger partial charge in [-0.3, -0.25) is 4.79 Å². The molecular formula is C25H32N2O6. The van der Waals surface area contributed by atoms with Gasteiger partial charge in [-0.15, -0.1) is 0 Å². The Hall–Kier alpha value is -3.26. The van der Waals surface area contributed by atoms with Gasteiger partial charge in [-0.1, -0.05) is 36.4 Å². The van der Waals surface area contributed by atoms with Gasteiger partial charge in [-0.25, -0.2) is 4.79 Å². The lowest BCUT2D eigenvalue weighted by molar-refractivity contribution is -0.110. The molecule has 3 rings (SSSR count). The minimum absolute atomic E-state index is 0.101. The van der Waals surface area contributed by atoms with Crippen molar-refractivity contribution in [1.82, 2.24) is 10.2 Å². The molecule has 2 amide bonds. The second-order valence-corrected chi connectivity index (χ2v) is 7.88. The zero-order valence-electron chi connectivity index (χ0n) is 19.2. The van der Waals surface area contributed by atoms with Crippen molar-refractivity contribution in [2.24, 2.45) is 0 Å². The molecule has 1 aliphatic heterocycles. The number of nitrogens with one attached hydrogen (secondary N) is 1. The number of carbonyl (C=O) groups is 2. The molecule has 1 heterocycles. The summed E-state index contributed by atoms with van der Waals surface area (Å²) in [5.74, 6) is 1.14. The second kappa shape index (κ2) is 12.7. The number of hydrogen-bond donors (Lipinski definition) is 1. The summed E-state index contributed by atoms with van der Waals surface area (Å²) in [6.07, 6.45) is 1.73. The Balaban J connectivity index is 1.72. The number of carbonyl (C=O) groups excluding carboxylic acids is 2. The summed E-state index contributed by atoms with van der Waals surface area (Å²) in [4.78, 5) is 25.7. The standard InChI is InChI=1S/C25H32N2O6/c1-30-13-6-14-32-24-15-20(9-10-23(24)31-2)21-16-27(12-11-22(21)26-18-28)25(29)33-17-19-7-4-3-5-8-19/h3-5,7-10,15,18,21-22H,6,11-14,16-17H2,1-2H3,(H,26,28). The van der Waals surface area contributed by atoms with Crippen LogP contribution in [0.5, 0.6) is 11.5 Å². The quantitative estimate of drug-likeness (QED) is 0.412. The van der Waals surface area contributed by atoms with Crippen LogP contribution in [-0.2, 0) is 20.9 Å². The van der Waals surface area contributed by atoms with Crippen molar-refractivity contribution in [3.05, 3.63) is 59.7 Å². The molecule has 2 aromatic rings. The van der Waals surface area contributed by atoms with Gasteiger partial charge in [-0.05, 0) is 29.7 Å². The topological polar surface area (TPSA) is 86.3 Å². The summed E-state index contributed by atoms with van der Waals surface area (Å²) in [7, 11) is 3.25. The van der Waals surface area contributed by atoms with Crippen LogP contribution in [0.3, 0.4) is 0 Å². The lowest BCUT2D eigenvalue weighted by Crippen LogP contribution is -2.49. The van der Waals surface area contributed by atoms with Crippen LogP contribution in [0.25, 0.3) is 0 Å². The molecule has 8 heteroatoms. The van der Waals surface area contributed by atoms with Crippen LogP contribution < -0.4 is 14.8 Å². The van der Waals surface area contributed by atoms with Gasteiger partial charge < -0.3 is 29.2 Å². The number of methoxy groups -OCH3 is 2. The Morgan fingerprint density at radius 2 is 1.94 bits per heavy atom. The van der Waals surface area contributed by atoms with Crippen LogP contribution in [-0.4, -0.2) is 64.0 Å². The summed E-state index contributed by atoms with van der Waals surface area (Å²) in [6.45, 7) is 2.25. The molecule has 0 spiro atoms. The third-order valence-corrected chi connectivity index (χ3v) is 5.72. The first kappa shape index (κ1) is 24.4. The van der Waals surface area contributed by atoms with Gasteiger partial charge >= 0.3 is 6.09 Å². The first-order valence-corrected chi connectivity index (χ1v) is 11.1. The summed E-state index contributed by atoms with van der Waals surface area (Å²) < 4.78 is 22.0. The van der Waals surface area contributed by atoms with Crippen molar-refractivity contribution in [2.75, 3.05) is 40.5 Å². The van der Waals surface area contributed by atoms with Crippen molar-refractivity contribution in [2.45, 2.75) is 31.4 Å². The number of amides is 2. The van der Waals surface area contributed by atoms with E-state index < -0.39 is 0 Å². The van der Waals surface area contributed by atoms with Crippen LogP contribution in [0.2, 0.25) is 0 Å².